The van der Waals surface area contributed by atoms with Gasteiger partial charge < -0.3 is 14.8 Å². The molecule has 0 saturated heterocycles. The lowest BCUT2D eigenvalue weighted by atomic mass is 10.0. The molecule has 3 aromatic rings. The molecule has 0 aliphatic carbocycles. The second kappa shape index (κ2) is 9.41. The van der Waals surface area contributed by atoms with Crippen molar-refractivity contribution in [2.75, 3.05) is 19.5 Å². The zero-order valence-corrected chi connectivity index (χ0v) is 17.3. The molecule has 1 aromatic heterocycles. The Kier molecular flexibility index (Phi) is 6.69. The molecule has 3 rings (SSSR count). The summed E-state index contributed by atoms with van der Waals surface area (Å²) in [5.41, 5.74) is 2.64. The molecule has 0 fully saturated rings. The molecule has 1 N–H and O–H groups in total. The Labute approximate surface area is 177 Å². The highest BCUT2D eigenvalue weighted by molar-refractivity contribution is 7.15. The molecule has 0 unspecified atom stereocenters. The van der Waals surface area contributed by atoms with Crippen LogP contribution in [-0.2, 0) is 9.53 Å². The van der Waals surface area contributed by atoms with Gasteiger partial charge in [-0.2, -0.15) is 0 Å². The van der Waals surface area contributed by atoms with Crippen LogP contribution < -0.4 is 10.1 Å². The van der Waals surface area contributed by atoms with Crippen LogP contribution in [0.1, 0.15) is 15.9 Å². The Bertz CT molecular complexity index is 1040. The largest absolute Gasteiger partial charge is 0.497 e. The third-order valence-corrected chi connectivity index (χ3v) is 5.26. The van der Waals surface area contributed by atoms with Crippen molar-refractivity contribution in [3.8, 4) is 16.9 Å². The maximum Gasteiger partial charge on any atom is 0.341 e. The van der Waals surface area contributed by atoms with E-state index in [1.807, 2.05) is 36.4 Å². The Morgan fingerprint density at radius 2 is 1.72 bits per heavy atom. The summed E-state index contributed by atoms with van der Waals surface area (Å²) in [7, 11) is 2.90. The van der Waals surface area contributed by atoms with E-state index >= 15 is 0 Å². The summed E-state index contributed by atoms with van der Waals surface area (Å²) in [5, 5.41) is 5.59. The molecule has 0 saturated carbocycles. The number of amides is 1. The van der Waals surface area contributed by atoms with Crippen LogP contribution >= 0.6 is 22.9 Å². The first-order chi connectivity index (χ1) is 14.0. The number of anilines is 1. The lowest BCUT2D eigenvalue weighted by Gasteiger charge is -2.07. The summed E-state index contributed by atoms with van der Waals surface area (Å²) in [4.78, 5) is 24.7. The van der Waals surface area contributed by atoms with E-state index in [9.17, 15) is 9.59 Å². The fourth-order valence-corrected chi connectivity index (χ4v) is 3.72. The molecular formula is C22H18ClNO4S. The molecule has 29 heavy (non-hydrogen) atoms. The van der Waals surface area contributed by atoms with Gasteiger partial charge in [0.05, 0.1) is 14.2 Å². The molecule has 1 heterocycles. The molecule has 148 valence electrons. The molecule has 2 aromatic carbocycles. The number of hydrogen-bond donors (Lipinski definition) is 1. The number of nitrogens with one attached hydrogen (secondary N) is 1. The number of halogens is 1. The first kappa shape index (κ1) is 20.6. The minimum absolute atomic E-state index is 0.311. The topological polar surface area (TPSA) is 64.6 Å². The minimum Gasteiger partial charge on any atom is -0.497 e. The van der Waals surface area contributed by atoms with E-state index in [1.54, 1.807) is 30.7 Å². The molecule has 5 nitrogen and oxygen atoms in total. The van der Waals surface area contributed by atoms with Crippen LogP contribution in [0.3, 0.4) is 0 Å². The van der Waals surface area contributed by atoms with Crippen LogP contribution in [0, 0.1) is 0 Å². The van der Waals surface area contributed by atoms with Gasteiger partial charge in [-0.05, 0) is 41.5 Å². The number of ether oxygens (including phenoxy) is 2. The van der Waals surface area contributed by atoms with E-state index in [-0.39, 0.29) is 5.91 Å². The quantitative estimate of drug-likeness (QED) is 0.415. The molecule has 0 aliphatic rings. The first-order valence-electron chi connectivity index (χ1n) is 8.60. The van der Waals surface area contributed by atoms with E-state index in [1.165, 1.54) is 24.5 Å². The smallest absolute Gasteiger partial charge is 0.341 e. The van der Waals surface area contributed by atoms with Gasteiger partial charge in [-0.25, -0.2) is 4.79 Å². The molecule has 0 radical (unpaired) electrons. The van der Waals surface area contributed by atoms with E-state index in [0.717, 1.165) is 16.9 Å². The van der Waals surface area contributed by atoms with Gasteiger partial charge >= 0.3 is 5.97 Å². The summed E-state index contributed by atoms with van der Waals surface area (Å²) >= 11 is 7.20. The van der Waals surface area contributed by atoms with E-state index in [2.05, 4.69) is 5.32 Å². The highest BCUT2D eigenvalue weighted by Crippen LogP contribution is 2.36. The molecular weight excluding hydrogens is 410 g/mol. The van der Waals surface area contributed by atoms with Crippen LogP contribution in [0.25, 0.3) is 17.2 Å². The molecule has 0 bridgehead atoms. The number of esters is 1. The van der Waals surface area contributed by atoms with Crippen LogP contribution in [0.15, 0.2) is 60.0 Å². The summed E-state index contributed by atoms with van der Waals surface area (Å²) in [6, 6.07) is 14.4. The maximum atomic E-state index is 12.4. The molecule has 0 spiro atoms. The van der Waals surface area contributed by atoms with Gasteiger partial charge in [0.25, 0.3) is 0 Å². The standard InChI is InChI=1S/C22H18ClNO4S/c1-27-17-10-3-14(4-11-17)5-12-19(25)24-21-20(22(26)28-2)18(13-29-21)15-6-8-16(23)9-7-15/h3-13H,1-2H3,(H,24,25)/b12-5+. The fourth-order valence-electron chi connectivity index (χ4n) is 2.64. The second-order valence-electron chi connectivity index (χ2n) is 5.95. The van der Waals surface area contributed by atoms with Crippen LogP contribution in [0.5, 0.6) is 5.75 Å². The summed E-state index contributed by atoms with van der Waals surface area (Å²) < 4.78 is 10.0. The van der Waals surface area contributed by atoms with Gasteiger partial charge in [-0.1, -0.05) is 35.9 Å². The highest BCUT2D eigenvalue weighted by Gasteiger charge is 2.21. The lowest BCUT2D eigenvalue weighted by molar-refractivity contribution is -0.111. The number of methoxy groups -OCH3 is 2. The molecule has 0 atom stereocenters. The number of carbonyl (C=O) groups is 2. The molecule has 7 heteroatoms. The van der Waals surface area contributed by atoms with Crippen LogP contribution in [-0.4, -0.2) is 26.1 Å². The lowest BCUT2D eigenvalue weighted by Crippen LogP contribution is -2.11. The number of benzene rings is 2. The normalized spacial score (nSPS) is 10.7. The fraction of sp³-hybridized carbons (Fsp3) is 0.0909. The van der Waals surface area contributed by atoms with Crippen molar-refractivity contribution in [3.63, 3.8) is 0 Å². The number of rotatable bonds is 6. The van der Waals surface area contributed by atoms with Crippen molar-refractivity contribution in [1.82, 2.24) is 0 Å². The third-order valence-electron chi connectivity index (χ3n) is 4.12. The van der Waals surface area contributed by atoms with E-state index < -0.39 is 5.97 Å². The second-order valence-corrected chi connectivity index (χ2v) is 7.26. The Morgan fingerprint density at radius 3 is 2.34 bits per heavy atom. The van der Waals surface area contributed by atoms with E-state index in [0.29, 0.717) is 21.2 Å². The molecule has 0 aliphatic heterocycles. The number of thiophene rings is 1. The summed E-state index contributed by atoms with van der Waals surface area (Å²) in [5.74, 6) is -0.135. The summed E-state index contributed by atoms with van der Waals surface area (Å²) in [6.07, 6.45) is 3.09. The average molecular weight is 428 g/mol. The van der Waals surface area contributed by atoms with Gasteiger partial charge in [0.2, 0.25) is 5.91 Å². The Morgan fingerprint density at radius 1 is 1.03 bits per heavy atom. The highest BCUT2D eigenvalue weighted by atomic mass is 35.5. The van der Waals surface area contributed by atoms with Crippen molar-refractivity contribution < 1.29 is 19.1 Å². The van der Waals surface area contributed by atoms with Crippen molar-refractivity contribution in [2.24, 2.45) is 0 Å². The zero-order valence-electron chi connectivity index (χ0n) is 15.8. The first-order valence-corrected chi connectivity index (χ1v) is 9.86. The summed E-state index contributed by atoms with van der Waals surface area (Å²) in [6.45, 7) is 0. The number of hydrogen-bond acceptors (Lipinski definition) is 5. The average Bonchev–Trinajstić information content (AvgIpc) is 3.16. The van der Waals surface area contributed by atoms with Crippen LogP contribution in [0.2, 0.25) is 5.02 Å². The predicted molar refractivity (Wildman–Crippen MR) is 117 cm³/mol. The van der Waals surface area contributed by atoms with Gasteiger partial charge in [-0.3, -0.25) is 4.79 Å². The van der Waals surface area contributed by atoms with Crippen molar-refractivity contribution in [2.45, 2.75) is 0 Å². The Balaban J connectivity index is 1.82. The van der Waals surface area contributed by atoms with Crippen LogP contribution in [0.4, 0.5) is 5.00 Å². The monoisotopic (exact) mass is 427 g/mol. The predicted octanol–water partition coefficient (Wildman–Crippen LogP) is 5.52. The van der Waals surface area contributed by atoms with Crippen molar-refractivity contribution >= 4 is 45.9 Å². The van der Waals surface area contributed by atoms with E-state index in [4.69, 9.17) is 21.1 Å². The van der Waals surface area contributed by atoms with Gasteiger partial charge in [0.1, 0.15) is 16.3 Å². The number of carbonyl (C=O) groups excluding carboxylic acids is 2. The van der Waals surface area contributed by atoms with Crippen molar-refractivity contribution in [1.29, 1.82) is 0 Å². The maximum absolute atomic E-state index is 12.4. The third kappa shape index (κ3) is 5.04. The van der Waals surface area contributed by atoms with Crippen molar-refractivity contribution in [3.05, 3.63) is 76.1 Å². The van der Waals surface area contributed by atoms with Gasteiger partial charge in [-0.15, -0.1) is 11.3 Å². The minimum atomic E-state index is -0.523. The van der Waals surface area contributed by atoms with Gasteiger partial charge in [0.15, 0.2) is 0 Å². The van der Waals surface area contributed by atoms with Gasteiger partial charge in [0, 0.05) is 22.0 Å². The zero-order chi connectivity index (χ0) is 20.8. The molecule has 1 amide bonds. The Hall–Kier alpha value is -3.09. The SMILES string of the molecule is COC(=O)c1c(-c2ccc(Cl)cc2)csc1NC(=O)/C=C/c1ccc(OC)cc1.